The third-order valence-electron chi connectivity index (χ3n) is 3.03. The number of hydrogen-bond donors (Lipinski definition) is 1. The highest BCUT2D eigenvalue weighted by molar-refractivity contribution is 7.89. The van der Waals surface area contributed by atoms with Crippen molar-refractivity contribution in [3.05, 3.63) is 28.2 Å². The fourth-order valence-electron chi connectivity index (χ4n) is 2.00. The first-order chi connectivity index (χ1) is 9.40. The molecule has 112 valence electrons. The van der Waals surface area contributed by atoms with Crippen LogP contribution in [0.15, 0.2) is 23.1 Å². The van der Waals surface area contributed by atoms with Crippen molar-refractivity contribution in [2.75, 3.05) is 33.3 Å². The van der Waals surface area contributed by atoms with Crippen LogP contribution in [0.4, 0.5) is 0 Å². The van der Waals surface area contributed by atoms with E-state index in [2.05, 4.69) is 9.62 Å². The van der Waals surface area contributed by atoms with Crippen LogP contribution in [-0.2, 0) is 14.8 Å². The van der Waals surface area contributed by atoms with Gasteiger partial charge in [0.15, 0.2) is 0 Å². The van der Waals surface area contributed by atoms with Crippen molar-refractivity contribution in [3.63, 3.8) is 0 Å². The third kappa shape index (κ3) is 3.84. The van der Waals surface area contributed by atoms with Gasteiger partial charge < -0.3 is 9.64 Å². The quantitative estimate of drug-likeness (QED) is 0.905. The summed E-state index contributed by atoms with van der Waals surface area (Å²) in [6.45, 7) is 2.31. The molecule has 0 aliphatic carbocycles. The number of ether oxygens (including phenoxy) is 1. The Kier molecular flexibility index (Phi) is 5.28. The molecule has 1 saturated heterocycles. The maximum absolute atomic E-state index is 12.2. The molecular weight excluding hydrogens is 323 g/mol. The second-order valence-electron chi connectivity index (χ2n) is 4.66. The molecule has 2 rings (SSSR count). The van der Waals surface area contributed by atoms with E-state index in [9.17, 15) is 8.42 Å². The predicted octanol–water partition coefficient (Wildman–Crippen LogP) is 1.60. The highest BCUT2D eigenvalue weighted by atomic mass is 35.5. The number of sulfonamides is 1. The van der Waals surface area contributed by atoms with Gasteiger partial charge in [0.25, 0.3) is 0 Å². The Balaban J connectivity index is 2.08. The summed E-state index contributed by atoms with van der Waals surface area (Å²) < 4.78 is 32.5. The van der Waals surface area contributed by atoms with Gasteiger partial charge in [-0.25, -0.2) is 13.1 Å². The molecule has 0 amide bonds. The molecule has 20 heavy (non-hydrogen) atoms. The van der Waals surface area contributed by atoms with Gasteiger partial charge in [0, 0.05) is 19.6 Å². The van der Waals surface area contributed by atoms with Crippen LogP contribution in [0.25, 0.3) is 0 Å². The zero-order chi connectivity index (χ0) is 14.8. The molecule has 0 radical (unpaired) electrons. The van der Waals surface area contributed by atoms with E-state index < -0.39 is 10.0 Å². The lowest BCUT2D eigenvalue weighted by Gasteiger charge is -2.30. The minimum absolute atomic E-state index is 0.0903. The summed E-state index contributed by atoms with van der Waals surface area (Å²) in [5, 5.41) is 0.207. The lowest BCUT2D eigenvalue weighted by atomic mass is 10.3. The molecule has 8 heteroatoms. The van der Waals surface area contributed by atoms with Gasteiger partial charge in [-0.05, 0) is 19.2 Å². The van der Waals surface area contributed by atoms with E-state index in [0.29, 0.717) is 13.2 Å². The molecule has 1 N–H and O–H groups in total. The van der Waals surface area contributed by atoms with Gasteiger partial charge >= 0.3 is 0 Å². The molecule has 1 heterocycles. The summed E-state index contributed by atoms with van der Waals surface area (Å²) in [5.74, 6) is 0. The predicted molar refractivity (Wildman–Crippen MR) is 78.9 cm³/mol. The van der Waals surface area contributed by atoms with E-state index in [4.69, 9.17) is 27.9 Å². The largest absolute Gasteiger partial charge is 0.374 e. The maximum atomic E-state index is 12.2. The van der Waals surface area contributed by atoms with Crippen LogP contribution in [0.3, 0.4) is 0 Å². The Labute approximate surface area is 128 Å². The second kappa shape index (κ2) is 6.60. The van der Waals surface area contributed by atoms with Crippen molar-refractivity contribution >= 4 is 33.2 Å². The number of nitrogens with zero attached hydrogens (tertiary/aromatic N) is 1. The number of halogens is 2. The average molecular weight is 339 g/mol. The molecule has 1 fully saturated rings. The average Bonchev–Trinajstić information content (AvgIpc) is 2.36. The molecule has 1 aliphatic rings. The summed E-state index contributed by atoms with van der Waals surface area (Å²) in [5.41, 5.74) is 0. The molecule has 0 spiro atoms. The number of rotatable bonds is 4. The summed E-state index contributed by atoms with van der Waals surface area (Å²) in [6, 6.07) is 4.59. The standard InChI is InChI=1S/C12H16Cl2N2O3S/c1-16-5-6-19-9(8-16)7-15-20(17,18)12-10(13)3-2-4-11(12)14/h2-4,9,15H,5-8H2,1H3/t9-/m1/s1. The van der Waals surface area contributed by atoms with Gasteiger partial charge in [0.1, 0.15) is 4.90 Å². The topological polar surface area (TPSA) is 58.6 Å². The molecule has 1 aliphatic heterocycles. The van der Waals surface area contributed by atoms with Crippen LogP contribution < -0.4 is 4.72 Å². The fraction of sp³-hybridized carbons (Fsp3) is 0.500. The molecule has 1 aromatic rings. The van der Waals surface area contributed by atoms with E-state index in [1.165, 1.54) is 12.1 Å². The van der Waals surface area contributed by atoms with E-state index in [-0.39, 0.29) is 27.6 Å². The fourth-order valence-corrected chi connectivity index (χ4v) is 4.21. The van der Waals surface area contributed by atoms with Crippen molar-refractivity contribution in [2.24, 2.45) is 0 Å². The van der Waals surface area contributed by atoms with Crippen molar-refractivity contribution in [3.8, 4) is 0 Å². The van der Waals surface area contributed by atoms with Gasteiger partial charge in [-0.15, -0.1) is 0 Å². The smallest absolute Gasteiger partial charge is 0.243 e. The molecule has 0 unspecified atom stereocenters. The number of likely N-dealkylation sites (N-methyl/N-ethyl adjacent to an activating group) is 1. The molecule has 1 atom stereocenters. The Hall–Kier alpha value is -0.370. The van der Waals surface area contributed by atoms with Gasteiger partial charge in [-0.3, -0.25) is 0 Å². The van der Waals surface area contributed by atoms with Crippen molar-refractivity contribution < 1.29 is 13.2 Å². The van der Waals surface area contributed by atoms with Gasteiger partial charge in [0.05, 0.1) is 22.8 Å². The first kappa shape index (κ1) is 16.0. The van der Waals surface area contributed by atoms with E-state index in [1.807, 2.05) is 7.05 Å². The molecule has 1 aromatic carbocycles. The summed E-state index contributed by atoms with van der Waals surface area (Å²) >= 11 is 11.8. The Morgan fingerprint density at radius 2 is 2.05 bits per heavy atom. The lowest BCUT2D eigenvalue weighted by Crippen LogP contribution is -2.45. The molecule has 0 saturated carbocycles. The van der Waals surface area contributed by atoms with Crippen LogP contribution in [-0.4, -0.2) is 52.7 Å². The van der Waals surface area contributed by atoms with Crippen LogP contribution in [0, 0.1) is 0 Å². The molecular formula is C12H16Cl2N2O3S. The third-order valence-corrected chi connectivity index (χ3v) is 5.41. The zero-order valence-corrected chi connectivity index (χ0v) is 13.3. The molecule has 0 aromatic heterocycles. The Morgan fingerprint density at radius 1 is 1.40 bits per heavy atom. The van der Waals surface area contributed by atoms with Crippen LogP contribution in [0.1, 0.15) is 0 Å². The number of morpholine rings is 1. The summed E-state index contributed by atoms with van der Waals surface area (Å²) in [7, 11) is -1.78. The van der Waals surface area contributed by atoms with Crippen molar-refractivity contribution in [1.82, 2.24) is 9.62 Å². The first-order valence-corrected chi connectivity index (χ1v) is 8.38. The summed E-state index contributed by atoms with van der Waals surface area (Å²) in [6.07, 6.45) is -0.176. The van der Waals surface area contributed by atoms with Gasteiger partial charge in [0.2, 0.25) is 10.0 Å². The van der Waals surface area contributed by atoms with E-state index in [1.54, 1.807) is 6.07 Å². The van der Waals surface area contributed by atoms with Crippen molar-refractivity contribution in [2.45, 2.75) is 11.0 Å². The SMILES string of the molecule is CN1CCO[C@H](CNS(=O)(=O)c2c(Cl)cccc2Cl)C1. The highest BCUT2D eigenvalue weighted by Gasteiger charge is 2.24. The zero-order valence-electron chi connectivity index (χ0n) is 11.0. The number of nitrogens with one attached hydrogen (secondary N) is 1. The van der Waals surface area contributed by atoms with Crippen LogP contribution >= 0.6 is 23.2 Å². The van der Waals surface area contributed by atoms with Crippen LogP contribution in [0.5, 0.6) is 0 Å². The van der Waals surface area contributed by atoms with Gasteiger partial charge in [-0.1, -0.05) is 29.3 Å². The number of hydrogen-bond acceptors (Lipinski definition) is 4. The minimum Gasteiger partial charge on any atom is -0.374 e. The van der Waals surface area contributed by atoms with Crippen LogP contribution in [0.2, 0.25) is 10.0 Å². The Bertz CT molecular complexity index is 560. The number of benzene rings is 1. The maximum Gasteiger partial charge on any atom is 0.243 e. The van der Waals surface area contributed by atoms with E-state index in [0.717, 1.165) is 6.54 Å². The molecule has 5 nitrogen and oxygen atoms in total. The monoisotopic (exact) mass is 338 g/mol. The normalized spacial score (nSPS) is 21.1. The van der Waals surface area contributed by atoms with Crippen molar-refractivity contribution in [1.29, 1.82) is 0 Å². The highest BCUT2D eigenvalue weighted by Crippen LogP contribution is 2.28. The van der Waals surface area contributed by atoms with Gasteiger partial charge in [-0.2, -0.15) is 0 Å². The van der Waals surface area contributed by atoms with E-state index >= 15 is 0 Å². The molecule has 0 bridgehead atoms. The Morgan fingerprint density at radius 3 is 2.65 bits per heavy atom. The first-order valence-electron chi connectivity index (χ1n) is 6.14. The second-order valence-corrected chi connectivity index (χ2v) is 7.18. The minimum atomic E-state index is -3.75. The lowest BCUT2D eigenvalue weighted by molar-refractivity contribution is -0.0156. The summed E-state index contributed by atoms with van der Waals surface area (Å²) in [4.78, 5) is 2.00.